The third-order valence-corrected chi connectivity index (χ3v) is 2.02. The summed E-state index contributed by atoms with van der Waals surface area (Å²) < 4.78 is 81.1. The SMILES string of the molecule is F[B-](F)(F)c1ccc(OCCOCC(F)(F)F)cc1.[K+]. The minimum absolute atomic E-state index is 0. The fraction of sp³-hybridized carbons (Fsp3) is 0.400. The van der Waals surface area contributed by atoms with Crippen molar-refractivity contribution in [3.05, 3.63) is 24.3 Å². The van der Waals surface area contributed by atoms with Gasteiger partial charge in [-0.05, 0) is 12.1 Å². The van der Waals surface area contributed by atoms with E-state index in [-0.39, 0.29) is 70.3 Å². The second kappa shape index (κ2) is 8.64. The van der Waals surface area contributed by atoms with Crippen LogP contribution in [0.4, 0.5) is 26.1 Å². The summed E-state index contributed by atoms with van der Waals surface area (Å²) in [6, 6.07) is 3.92. The number of hydrogen-bond acceptors (Lipinski definition) is 2. The second-order valence-electron chi connectivity index (χ2n) is 3.66. The maximum Gasteiger partial charge on any atom is 1.00 e. The van der Waals surface area contributed by atoms with Crippen LogP contribution >= 0.6 is 0 Å². The first-order valence-electron chi connectivity index (χ1n) is 5.26. The van der Waals surface area contributed by atoms with Crippen LogP contribution in [0.2, 0.25) is 0 Å². The van der Waals surface area contributed by atoms with E-state index >= 15 is 0 Å². The van der Waals surface area contributed by atoms with Crippen LogP contribution in [0.25, 0.3) is 0 Å². The molecule has 0 aromatic heterocycles. The normalized spacial score (nSPS) is 11.9. The average molecular weight is 326 g/mol. The Morgan fingerprint density at radius 1 is 0.950 bits per heavy atom. The summed E-state index contributed by atoms with van der Waals surface area (Å²) in [5, 5.41) is 0. The van der Waals surface area contributed by atoms with Gasteiger partial charge in [0.2, 0.25) is 0 Å². The molecule has 0 aliphatic carbocycles. The van der Waals surface area contributed by atoms with E-state index in [1.807, 2.05) is 0 Å². The summed E-state index contributed by atoms with van der Waals surface area (Å²) in [5.41, 5.74) is -0.763. The minimum Gasteiger partial charge on any atom is -0.491 e. The Bertz CT molecular complexity index is 392. The van der Waals surface area contributed by atoms with Crippen molar-refractivity contribution < 1.29 is 87.0 Å². The number of alkyl halides is 3. The van der Waals surface area contributed by atoms with E-state index in [4.69, 9.17) is 4.74 Å². The van der Waals surface area contributed by atoms with Crippen LogP contribution in [0.5, 0.6) is 5.75 Å². The molecule has 1 rings (SSSR count). The zero-order valence-corrected chi connectivity index (χ0v) is 13.7. The molecule has 1 aromatic carbocycles. The van der Waals surface area contributed by atoms with Crippen molar-refractivity contribution in [3.63, 3.8) is 0 Å². The molecular formula is C10H10BF6KO2. The van der Waals surface area contributed by atoms with E-state index < -0.39 is 25.2 Å². The van der Waals surface area contributed by atoms with Gasteiger partial charge >= 0.3 is 64.5 Å². The van der Waals surface area contributed by atoms with Crippen molar-refractivity contribution in [3.8, 4) is 5.75 Å². The molecule has 0 radical (unpaired) electrons. The largest absolute Gasteiger partial charge is 1.00 e. The van der Waals surface area contributed by atoms with Crippen LogP contribution in [0, 0.1) is 0 Å². The average Bonchev–Trinajstić information content (AvgIpc) is 2.26. The maximum absolute atomic E-state index is 12.3. The van der Waals surface area contributed by atoms with Crippen LogP contribution in [-0.2, 0) is 4.74 Å². The molecule has 0 fully saturated rings. The summed E-state index contributed by atoms with van der Waals surface area (Å²) in [5.74, 6) is 0.138. The molecule has 0 saturated carbocycles. The van der Waals surface area contributed by atoms with Gasteiger partial charge < -0.3 is 22.4 Å². The van der Waals surface area contributed by atoms with Gasteiger partial charge in [0.15, 0.2) is 0 Å². The van der Waals surface area contributed by atoms with Crippen molar-refractivity contribution in [2.45, 2.75) is 6.18 Å². The first kappa shape index (κ1) is 20.3. The Morgan fingerprint density at radius 3 is 1.95 bits per heavy atom. The van der Waals surface area contributed by atoms with Crippen molar-refractivity contribution in [2.75, 3.05) is 19.8 Å². The third-order valence-electron chi connectivity index (χ3n) is 2.02. The summed E-state index contributed by atoms with van der Waals surface area (Å²) in [4.78, 5) is 0. The van der Waals surface area contributed by atoms with Crippen molar-refractivity contribution >= 4 is 12.4 Å². The Labute approximate surface area is 154 Å². The maximum atomic E-state index is 12.3. The van der Waals surface area contributed by atoms with Crippen LogP contribution in [-0.4, -0.2) is 33.0 Å². The molecular weight excluding hydrogens is 316 g/mol. The standard InChI is InChI=1S/C10H10BF6O2.K/c12-10(13,14)7-18-5-6-19-9-3-1-8(2-4-9)11(15,16)17;/h1-4H,5-7H2;/q-1;+1. The molecule has 0 aliphatic heterocycles. The molecule has 0 heterocycles. The van der Waals surface area contributed by atoms with E-state index in [0.29, 0.717) is 0 Å². The summed E-state index contributed by atoms with van der Waals surface area (Å²) in [6.45, 7) is -6.92. The van der Waals surface area contributed by atoms with Crippen molar-refractivity contribution in [2.24, 2.45) is 0 Å². The van der Waals surface area contributed by atoms with Crippen LogP contribution in [0.1, 0.15) is 0 Å². The Balaban J connectivity index is 0.00000361. The van der Waals surface area contributed by atoms with E-state index in [9.17, 15) is 26.1 Å². The molecule has 0 bridgehead atoms. The van der Waals surface area contributed by atoms with E-state index in [0.717, 1.165) is 24.3 Å². The third kappa shape index (κ3) is 8.53. The van der Waals surface area contributed by atoms with Gasteiger partial charge in [0.25, 0.3) is 0 Å². The number of halogens is 6. The number of rotatable bonds is 6. The molecule has 0 aliphatic rings. The summed E-state index contributed by atoms with van der Waals surface area (Å²) >= 11 is 0. The van der Waals surface area contributed by atoms with Crippen molar-refractivity contribution in [1.29, 1.82) is 0 Å². The fourth-order valence-electron chi connectivity index (χ4n) is 1.19. The molecule has 0 N–H and O–H groups in total. The zero-order valence-electron chi connectivity index (χ0n) is 10.6. The van der Waals surface area contributed by atoms with E-state index in [1.165, 1.54) is 0 Å². The van der Waals surface area contributed by atoms with E-state index in [1.54, 1.807) is 0 Å². The van der Waals surface area contributed by atoms with Gasteiger partial charge in [0, 0.05) is 0 Å². The molecule has 0 saturated heterocycles. The molecule has 108 valence electrons. The van der Waals surface area contributed by atoms with Gasteiger partial charge in [0.05, 0.1) is 6.61 Å². The monoisotopic (exact) mass is 326 g/mol. The molecule has 0 unspecified atom stereocenters. The Morgan fingerprint density at radius 2 is 1.50 bits per heavy atom. The quantitative estimate of drug-likeness (QED) is 0.406. The van der Waals surface area contributed by atoms with Gasteiger partial charge in [0.1, 0.15) is 19.0 Å². The molecule has 1 aromatic rings. The van der Waals surface area contributed by atoms with Crippen LogP contribution in [0.15, 0.2) is 24.3 Å². The van der Waals surface area contributed by atoms with Gasteiger partial charge in [-0.2, -0.15) is 13.2 Å². The molecule has 0 amide bonds. The minimum atomic E-state index is -5.06. The predicted octanol–water partition coefficient (Wildman–Crippen LogP) is -0.297. The molecule has 2 nitrogen and oxygen atoms in total. The zero-order chi connectivity index (χ0) is 14.5. The summed E-state index contributed by atoms with van der Waals surface area (Å²) in [6.07, 6.45) is -4.41. The van der Waals surface area contributed by atoms with Crippen molar-refractivity contribution in [1.82, 2.24) is 0 Å². The topological polar surface area (TPSA) is 18.5 Å². The first-order chi connectivity index (χ1) is 8.68. The Hall–Kier alpha value is 0.261. The number of ether oxygens (including phenoxy) is 2. The number of hydrogen-bond donors (Lipinski definition) is 0. The molecule has 0 atom stereocenters. The van der Waals surface area contributed by atoms with Gasteiger partial charge in [-0.25, -0.2) is 0 Å². The first-order valence-corrected chi connectivity index (χ1v) is 5.26. The molecule has 10 heteroatoms. The van der Waals surface area contributed by atoms with Gasteiger partial charge in [-0.1, -0.05) is 12.1 Å². The van der Waals surface area contributed by atoms with Gasteiger partial charge in [-0.3, -0.25) is 0 Å². The Kier molecular flexibility index (Phi) is 8.76. The molecule has 20 heavy (non-hydrogen) atoms. The van der Waals surface area contributed by atoms with Crippen LogP contribution in [0.3, 0.4) is 0 Å². The second-order valence-corrected chi connectivity index (χ2v) is 3.66. The fourth-order valence-corrected chi connectivity index (χ4v) is 1.19. The van der Waals surface area contributed by atoms with E-state index in [2.05, 4.69) is 4.74 Å². The van der Waals surface area contributed by atoms with Crippen LogP contribution < -0.4 is 61.6 Å². The summed E-state index contributed by atoms with van der Waals surface area (Å²) in [7, 11) is 0. The number of benzene rings is 1. The van der Waals surface area contributed by atoms with Gasteiger partial charge in [-0.15, -0.1) is 5.46 Å². The molecule has 0 spiro atoms. The smallest absolute Gasteiger partial charge is 0.491 e. The predicted molar refractivity (Wildman–Crippen MR) is 57.5 cm³/mol.